The Morgan fingerprint density at radius 1 is 0.750 bits per heavy atom. The first-order valence-corrected chi connectivity index (χ1v) is 14.4. The summed E-state index contributed by atoms with van der Waals surface area (Å²) in [4.78, 5) is 86.4. The molecule has 0 aliphatic carbocycles. The molecule has 4 amide bonds. The minimum Gasteiger partial charge on any atom is -0.481 e. The predicted molar refractivity (Wildman–Crippen MR) is 159 cm³/mol. The molecule has 0 saturated carbocycles. The van der Waals surface area contributed by atoms with Crippen LogP contribution in [0.3, 0.4) is 0 Å². The topological polar surface area (TPSA) is 282 Å². The number of amides is 4. The summed E-state index contributed by atoms with van der Waals surface area (Å²) in [5.41, 5.74) is 5.22. The van der Waals surface area contributed by atoms with E-state index in [9.17, 15) is 43.8 Å². The first kappa shape index (κ1) is 39.7. The van der Waals surface area contributed by atoms with Crippen molar-refractivity contribution in [3.63, 3.8) is 0 Å². The number of aliphatic carboxylic acids is 2. The fourth-order valence-electron chi connectivity index (χ4n) is 4.06. The van der Waals surface area contributed by atoms with Crippen LogP contribution in [0.1, 0.15) is 73.1 Å². The van der Waals surface area contributed by atoms with Crippen LogP contribution >= 0.6 is 0 Å². The molecule has 0 saturated heterocycles. The van der Waals surface area contributed by atoms with Gasteiger partial charge in [-0.05, 0) is 25.2 Å². The van der Waals surface area contributed by atoms with Crippen LogP contribution in [0.5, 0.6) is 0 Å². The van der Waals surface area contributed by atoms with E-state index in [0.29, 0.717) is 13.0 Å². The Balaban J connectivity index is 5.51. The van der Waals surface area contributed by atoms with Crippen molar-refractivity contribution in [1.29, 1.82) is 5.41 Å². The highest BCUT2D eigenvalue weighted by Crippen LogP contribution is 2.08. The van der Waals surface area contributed by atoms with Crippen LogP contribution < -0.4 is 37.6 Å². The van der Waals surface area contributed by atoms with Gasteiger partial charge in [-0.15, -0.1) is 0 Å². The molecule has 0 bridgehead atoms. The first-order chi connectivity index (χ1) is 20.5. The largest absolute Gasteiger partial charge is 0.481 e. The van der Waals surface area contributed by atoms with E-state index >= 15 is 0 Å². The van der Waals surface area contributed by atoms with Crippen molar-refractivity contribution >= 4 is 47.3 Å². The van der Waals surface area contributed by atoms with Crippen molar-refractivity contribution in [2.45, 2.75) is 103 Å². The molecule has 44 heavy (non-hydrogen) atoms. The highest BCUT2D eigenvalue weighted by Gasteiger charge is 2.31. The lowest BCUT2D eigenvalue weighted by molar-refractivity contribution is -0.141. The molecule has 11 N–H and O–H groups in total. The third kappa shape index (κ3) is 17.6. The van der Waals surface area contributed by atoms with Crippen molar-refractivity contribution < 1.29 is 43.8 Å². The summed E-state index contributed by atoms with van der Waals surface area (Å²) in [7, 11) is 0. The number of carboxylic acids is 2. The van der Waals surface area contributed by atoms with E-state index in [2.05, 4.69) is 31.9 Å². The zero-order chi connectivity index (χ0) is 34.0. The Hall–Kier alpha value is -4.28. The third-order valence-electron chi connectivity index (χ3n) is 6.06. The SMILES string of the molecule is CCC(=O)[C@H](CCCNC(=N)N)NC(=O)CNC(=O)[C@H](CC(=O)O)NC(=O)[C@H](CC(C)C)NC(=O)[C@H](CC(=O)O)NC(C)C. The van der Waals surface area contributed by atoms with Crippen LogP contribution in [0.4, 0.5) is 0 Å². The number of guanidine groups is 1. The van der Waals surface area contributed by atoms with Crippen molar-refractivity contribution in [3.8, 4) is 0 Å². The molecule has 0 rings (SSSR count). The summed E-state index contributed by atoms with van der Waals surface area (Å²) in [6, 6.07) is -5.10. The molecule has 0 aromatic carbocycles. The van der Waals surface area contributed by atoms with Crippen LogP contribution in [0.2, 0.25) is 0 Å². The summed E-state index contributed by atoms with van der Waals surface area (Å²) < 4.78 is 0. The van der Waals surface area contributed by atoms with Crippen LogP contribution in [-0.2, 0) is 33.6 Å². The smallest absolute Gasteiger partial charge is 0.305 e. The number of nitrogens with two attached hydrogens (primary N) is 1. The average Bonchev–Trinajstić information content (AvgIpc) is 2.90. The van der Waals surface area contributed by atoms with E-state index < -0.39 is 79.1 Å². The Morgan fingerprint density at radius 2 is 1.30 bits per heavy atom. The molecule has 17 nitrogen and oxygen atoms in total. The number of nitrogens with one attached hydrogen (secondary N) is 7. The fraction of sp³-hybridized carbons (Fsp3) is 0.704. The van der Waals surface area contributed by atoms with Gasteiger partial charge in [0.05, 0.1) is 31.5 Å². The summed E-state index contributed by atoms with van der Waals surface area (Å²) in [6.45, 7) is 8.27. The summed E-state index contributed by atoms with van der Waals surface area (Å²) >= 11 is 0. The molecule has 0 heterocycles. The molecule has 250 valence electrons. The zero-order valence-corrected chi connectivity index (χ0v) is 26.0. The van der Waals surface area contributed by atoms with Gasteiger partial charge in [0, 0.05) is 19.0 Å². The number of hydrogen-bond acceptors (Lipinski definition) is 9. The molecule has 0 spiro atoms. The van der Waals surface area contributed by atoms with E-state index in [1.165, 1.54) is 0 Å². The van der Waals surface area contributed by atoms with E-state index in [-0.39, 0.29) is 43.0 Å². The predicted octanol–water partition coefficient (Wildman–Crippen LogP) is -1.84. The normalized spacial score (nSPS) is 13.6. The standard InChI is InChI=1S/C27H48N8O9/c1-6-20(36)16(8-7-9-30-27(28)29)33-21(37)13-31-24(42)18(11-22(38)39)35-25(43)17(10-14(2)3)34-26(44)19(12-23(40)41)32-15(4)5/h14-19,32H,6-13H2,1-5H3,(H,31,42)(H,33,37)(H,34,44)(H,35,43)(H,38,39)(H,40,41)(H4,28,29,30)/t16-,17-,18-,19-/m0/s1. The van der Waals surface area contributed by atoms with E-state index in [0.717, 1.165) is 0 Å². The van der Waals surface area contributed by atoms with Gasteiger partial charge in [0.25, 0.3) is 0 Å². The molecule has 0 unspecified atom stereocenters. The van der Waals surface area contributed by atoms with Crippen molar-refractivity contribution in [1.82, 2.24) is 31.9 Å². The van der Waals surface area contributed by atoms with Crippen molar-refractivity contribution in [3.05, 3.63) is 0 Å². The van der Waals surface area contributed by atoms with Gasteiger partial charge in [0.2, 0.25) is 23.6 Å². The van der Waals surface area contributed by atoms with Crippen LogP contribution in [0.25, 0.3) is 0 Å². The minimum absolute atomic E-state index is 0.0949. The van der Waals surface area contributed by atoms with Gasteiger partial charge in [0.15, 0.2) is 11.7 Å². The number of carbonyl (C=O) groups excluding carboxylic acids is 5. The number of carboxylic acid groups (broad SMARTS) is 2. The highest BCUT2D eigenvalue weighted by atomic mass is 16.4. The molecule has 0 radical (unpaired) electrons. The molecular formula is C27H48N8O9. The van der Waals surface area contributed by atoms with Crippen molar-refractivity contribution in [2.75, 3.05) is 13.1 Å². The van der Waals surface area contributed by atoms with Gasteiger partial charge in [-0.3, -0.25) is 39.0 Å². The maximum atomic E-state index is 13.2. The van der Waals surface area contributed by atoms with E-state index in [4.69, 9.17) is 11.1 Å². The second kappa shape index (κ2) is 20.6. The van der Waals surface area contributed by atoms with Crippen LogP contribution in [-0.4, -0.2) is 101 Å². The monoisotopic (exact) mass is 628 g/mol. The second-order valence-corrected chi connectivity index (χ2v) is 11.0. The van der Waals surface area contributed by atoms with Gasteiger partial charge in [-0.1, -0.05) is 34.6 Å². The van der Waals surface area contributed by atoms with Gasteiger partial charge in [-0.2, -0.15) is 0 Å². The van der Waals surface area contributed by atoms with E-state index in [1.807, 2.05) is 0 Å². The molecule has 0 aliphatic rings. The Bertz CT molecular complexity index is 1030. The van der Waals surface area contributed by atoms with Gasteiger partial charge in [0.1, 0.15) is 12.1 Å². The zero-order valence-electron chi connectivity index (χ0n) is 26.0. The van der Waals surface area contributed by atoms with Gasteiger partial charge < -0.3 is 47.8 Å². The highest BCUT2D eigenvalue weighted by molar-refractivity contribution is 5.96. The molecule has 17 heteroatoms. The maximum absolute atomic E-state index is 13.2. The van der Waals surface area contributed by atoms with Gasteiger partial charge in [-0.25, -0.2) is 0 Å². The Kier molecular flexibility index (Phi) is 18.6. The lowest BCUT2D eigenvalue weighted by Gasteiger charge is -2.26. The summed E-state index contributed by atoms with van der Waals surface area (Å²) in [5.74, 6) is -6.62. The van der Waals surface area contributed by atoms with Crippen LogP contribution in [0.15, 0.2) is 0 Å². The number of ketones is 1. The maximum Gasteiger partial charge on any atom is 0.305 e. The quantitative estimate of drug-likeness (QED) is 0.0360. The average molecular weight is 629 g/mol. The van der Waals surface area contributed by atoms with Gasteiger partial charge >= 0.3 is 11.9 Å². The number of carbonyl (C=O) groups is 7. The first-order valence-electron chi connectivity index (χ1n) is 14.4. The Labute approximate surface area is 256 Å². The van der Waals surface area contributed by atoms with Crippen molar-refractivity contribution in [2.24, 2.45) is 11.7 Å². The van der Waals surface area contributed by atoms with E-state index in [1.54, 1.807) is 34.6 Å². The van der Waals surface area contributed by atoms with Crippen LogP contribution in [0, 0.1) is 11.3 Å². The summed E-state index contributed by atoms with van der Waals surface area (Å²) in [5, 5.41) is 40.7. The lowest BCUT2D eigenvalue weighted by atomic mass is 10.0. The lowest BCUT2D eigenvalue weighted by Crippen LogP contribution is -2.58. The molecule has 0 fully saturated rings. The molecular weight excluding hydrogens is 580 g/mol. The molecule has 0 aromatic heterocycles. The molecule has 0 aliphatic heterocycles. The fourth-order valence-corrected chi connectivity index (χ4v) is 4.06. The summed E-state index contributed by atoms with van der Waals surface area (Å²) in [6.07, 6.45) is -0.494. The number of hydrogen-bond donors (Lipinski definition) is 10. The third-order valence-corrected chi connectivity index (χ3v) is 6.06. The molecule has 0 aromatic rings. The number of rotatable bonds is 22. The minimum atomic E-state index is -1.62. The molecule has 4 atom stereocenters. The number of Topliss-reactive ketones (excluding diaryl/α,β-unsaturated/α-hetero) is 1. The second-order valence-electron chi connectivity index (χ2n) is 11.0. The Morgan fingerprint density at radius 3 is 1.80 bits per heavy atom.